The Morgan fingerprint density at radius 3 is 2.07 bits per heavy atom. The fraction of sp³-hybridized carbons (Fsp3) is 0.850. The predicted molar refractivity (Wildman–Crippen MR) is 108 cm³/mol. The average molecular weight is 413 g/mol. The molecule has 2 fully saturated rings. The van der Waals surface area contributed by atoms with Gasteiger partial charge in [0.15, 0.2) is 0 Å². The first-order valence-electron chi connectivity index (χ1n) is 10.6. The van der Waals surface area contributed by atoms with Gasteiger partial charge in [-0.05, 0) is 52.4 Å². The highest BCUT2D eigenvalue weighted by molar-refractivity contribution is 5.78. The summed E-state index contributed by atoms with van der Waals surface area (Å²) < 4.78 is 10.1. The van der Waals surface area contributed by atoms with Crippen LogP contribution in [-0.4, -0.2) is 78.5 Å². The zero-order valence-electron chi connectivity index (χ0n) is 18.2. The summed E-state index contributed by atoms with van der Waals surface area (Å²) in [6.45, 7) is 8.31. The number of hydrogen-bond acceptors (Lipinski definition) is 5. The third-order valence-electron chi connectivity index (χ3n) is 5.22. The van der Waals surface area contributed by atoms with Gasteiger partial charge in [-0.3, -0.25) is 0 Å². The van der Waals surface area contributed by atoms with Crippen molar-refractivity contribution in [2.75, 3.05) is 39.8 Å². The number of rotatable bonds is 2. The van der Waals surface area contributed by atoms with E-state index in [4.69, 9.17) is 9.47 Å². The average Bonchev–Trinajstić information content (AvgIpc) is 2.95. The minimum absolute atomic E-state index is 0.182. The molecule has 0 bridgehead atoms. The molecule has 0 saturated carbocycles. The number of urea groups is 1. The molecule has 0 aromatic carbocycles. The van der Waals surface area contributed by atoms with E-state index in [-0.39, 0.29) is 18.0 Å². The first-order chi connectivity index (χ1) is 13.7. The zero-order chi connectivity index (χ0) is 21.4. The molecule has 2 aliphatic rings. The van der Waals surface area contributed by atoms with Crippen molar-refractivity contribution < 1.29 is 23.9 Å². The SMILES string of the molecule is COC(=O)N1CCC(CN(NC(=O)OC(C)(C)C)C(=O)N2CCCCCC2)CC1. The standard InChI is InChI=1S/C20H36N4O5/c1-20(2,3)29-17(25)21-24(18(26)22-11-7-5-6-8-12-22)15-16-9-13-23(14-10-16)19(27)28-4/h16H,5-15H2,1-4H3,(H,21,25). The van der Waals surface area contributed by atoms with Crippen LogP contribution in [0.5, 0.6) is 0 Å². The lowest BCUT2D eigenvalue weighted by atomic mass is 9.97. The third kappa shape index (κ3) is 7.62. The van der Waals surface area contributed by atoms with Gasteiger partial charge >= 0.3 is 18.2 Å². The second-order valence-electron chi connectivity index (χ2n) is 8.81. The summed E-state index contributed by atoms with van der Waals surface area (Å²) in [5.74, 6) is 0.182. The molecule has 2 aliphatic heterocycles. The van der Waals surface area contributed by atoms with Gasteiger partial charge in [0, 0.05) is 32.7 Å². The molecule has 0 radical (unpaired) electrons. The van der Waals surface area contributed by atoms with Gasteiger partial charge in [-0.15, -0.1) is 0 Å². The van der Waals surface area contributed by atoms with Gasteiger partial charge in [0.25, 0.3) is 0 Å². The Kier molecular flexibility index (Phi) is 8.40. The van der Waals surface area contributed by atoms with E-state index in [2.05, 4.69) is 5.43 Å². The van der Waals surface area contributed by atoms with Crippen molar-refractivity contribution >= 4 is 18.2 Å². The first kappa shape index (κ1) is 23.1. The maximum absolute atomic E-state index is 13.1. The van der Waals surface area contributed by atoms with Gasteiger partial charge < -0.3 is 19.3 Å². The fourth-order valence-corrected chi connectivity index (χ4v) is 3.70. The van der Waals surface area contributed by atoms with Crippen LogP contribution in [0.3, 0.4) is 0 Å². The molecular weight excluding hydrogens is 376 g/mol. The van der Waals surface area contributed by atoms with Gasteiger partial charge in [-0.1, -0.05) is 12.8 Å². The highest BCUT2D eigenvalue weighted by atomic mass is 16.6. The quantitative estimate of drug-likeness (QED) is 0.703. The van der Waals surface area contributed by atoms with Crippen LogP contribution in [0.4, 0.5) is 14.4 Å². The first-order valence-corrected chi connectivity index (χ1v) is 10.6. The van der Waals surface area contributed by atoms with E-state index < -0.39 is 11.7 Å². The normalized spacial score (nSPS) is 18.6. The van der Waals surface area contributed by atoms with Crippen molar-refractivity contribution in [3.63, 3.8) is 0 Å². The highest BCUT2D eigenvalue weighted by Crippen LogP contribution is 2.20. The molecule has 1 N–H and O–H groups in total. The molecule has 0 aromatic heterocycles. The number of hydrazine groups is 1. The summed E-state index contributed by atoms with van der Waals surface area (Å²) >= 11 is 0. The fourth-order valence-electron chi connectivity index (χ4n) is 3.70. The molecule has 0 aromatic rings. The number of likely N-dealkylation sites (tertiary alicyclic amines) is 2. The monoisotopic (exact) mass is 412 g/mol. The van der Waals surface area contributed by atoms with Crippen molar-refractivity contribution in [1.82, 2.24) is 20.2 Å². The van der Waals surface area contributed by atoms with Crippen LogP contribution < -0.4 is 5.43 Å². The predicted octanol–water partition coefficient (Wildman–Crippen LogP) is 3.20. The molecule has 29 heavy (non-hydrogen) atoms. The van der Waals surface area contributed by atoms with Crippen molar-refractivity contribution in [1.29, 1.82) is 0 Å². The molecule has 2 heterocycles. The number of carbonyl (C=O) groups is 3. The van der Waals surface area contributed by atoms with E-state index in [1.807, 2.05) is 4.90 Å². The lowest BCUT2D eigenvalue weighted by Gasteiger charge is -2.36. The Bertz CT molecular complexity index is 562. The summed E-state index contributed by atoms with van der Waals surface area (Å²) in [5.41, 5.74) is 2.01. The van der Waals surface area contributed by atoms with E-state index in [0.717, 1.165) is 38.5 Å². The number of hydrogen-bond donors (Lipinski definition) is 1. The lowest BCUT2D eigenvalue weighted by Crippen LogP contribution is -2.55. The van der Waals surface area contributed by atoms with Gasteiger partial charge in [-0.25, -0.2) is 24.8 Å². The second-order valence-corrected chi connectivity index (χ2v) is 8.81. The number of nitrogens with zero attached hydrogens (tertiary/aromatic N) is 3. The summed E-state index contributed by atoms with van der Waals surface area (Å²) in [5, 5.41) is 1.40. The van der Waals surface area contributed by atoms with Crippen LogP contribution >= 0.6 is 0 Å². The van der Waals surface area contributed by atoms with Crippen LogP contribution in [0.2, 0.25) is 0 Å². The number of methoxy groups -OCH3 is 1. The summed E-state index contributed by atoms with van der Waals surface area (Å²) in [6.07, 6.45) is 4.72. The van der Waals surface area contributed by atoms with Crippen LogP contribution in [0, 0.1) is 5.92 Å². The summed E-state index contributed by atoms with van der Waals surface area (Å²) in [4.78, 5) is 40.6. The van der Waals surface area contributed by atoms with E-state index in [0.29, 0.717) is 32.7 Å². The van der Waals surface area contributed by atoms with Crippen molar-refractivity contribution in [2.24, 2.45) is 5.92 Å². The number of nitrogens with one attached hydrogen (secondary N) is 1. The molecular formula is C20H36N4O5. The molecule has 4 amide bonds. The zero-order valence-corrected chi connectivity index (χ0v) is 18.2. The van der Waals surface area contributed by atoms with E-state index in [1.165, 1.54) is 12.1 Å². The topological polar surface area (TPSA) is 91.4 Å². The van der Waals surface area contributed by atoms with E-state index in [9.17, 15) is 14.4 Å². The molecule has 2 saturated heterocycles. The van der Waals surface area contributed by atoms with Crippen molar-refractivity contribution in [2.45, 2.75) is 64.9 Å². The highest BCUT2D eigenvalue weighted by Gasteiger charge is 2.30. The smallest absolute Gasteiger partial charge is 0.426 e. The maximum Gasteiger partial charge on any atom is 0.426 e. The van der Waals surface area contributed by atoms with Gasteiger partial charge in [0.2, 0.25) is 0 Å². The number of piperidine rings is 1. The third-order valence-corrected chi connectivity index (χ3v) is 5.22. The second kappa shape index (κ2) is 10.5. The molecule has 0 aliphatic carbocycles. The van der Waals surface area contributed by atoms with Crippen LogP contribution in [0.25, 0.3) is 0 Å². The summed E-state index contributed by atoms with van der Waals surface area (Å²) in [7, 11) is 1.38. The minimum atomic E-state index is -0.646. The van der Waals surface area contributed by atoms with Gasteiger partial charge in [0.1, 0.15) is 5.60 Å². The molecule has 9 nitrogen and oxygen atoms in total. The van der Waals surface area contributed by atoms with Gasteiger partial charge in [-0.2, -0.15) is 0 Å². The lowest BCUT2D eigenvalue weighted by molar-refractivity contribution is 0.0305. The Labute approximate surface area is 173 Å². The van der Waals surface area contributed by atoms with E-state index in [1.54, 1.807) is 25.7 Å². The molecule has 9 heteroatoms. The molecule has 0 unspecified atom stereocenters. The van der Waals surface area contributed by atoms with Crippen molar-refractivity contribution in [3.8, 4) is 0 Å². The van der Waals surface area contributed by atoms with E-state index >= 15 is 0 Å². The van der Waals surface area contributed by atoms with Gasteiger partial charge in [0.05, 0.1) is 7.11 Å². The maximum atomic E-state index is 13.1. The molecule has 0 atom stereocenters. The van der Waals surface area contributed by atoms with Crippen LogP contribution in [0.15, 0.2) is 0 Å². The largest absolute Gasteiger partial charge is 0.453 e. The number of amides is 4. The summed E-state index contributed by atoms with van der Waals surface area (Å²) in [6, 6.07) is -0.187. The molecule has 166 valence electrons. The van der Waals surface area contributed by atoms with Crippen LogP contribution in [0.1, 0.15) is 59.3 Å². The Balaban J connectivity index is 2.01. The Morgan fingerprint density at radius 2 is 1.55 bits per heavy atom. The molecule has 2 rings (SSSR count). The Morgan fingerprint density at radius 1 is 0.966 bits per heavy atom. The Hall–Kier alpha value is -2.19. The minimum Gasteiger partial charge on any atom is -0.453 e. The van der Waals surface area contributed by atoms with Crippen LogP contribution in [-0.2, 0) is 9.47 Å². The number of ether oxygens (including phenoxy) is 2. The molecule has 0 spiro atoms. The number of carbonyl (C=O) groups excluding carboxylic acids is 3. The van der Waals surface area contributed by atoms with Crippen molar-refractivity contribution in [3.05, 3.63) is 0 Å².